The Bertz CT molecular complexity index is 1220. The zero-order chi connectivity index (χ0) is 21.4. The number of hydrogen-bond acceptors (Lipinski definition) is 4. The van der Waals surface area contributed by atoms with Crippen LogP contribution in [0.2, 0.25) is 0 Å². The SMILES string of the molecule is CCc1nc2ccccc2n1CC(=O)N1CCc2[nH]cnc2[C@H]1c1ccc(OC)cc1. The van der Waals surface area contributed by atoms with E-state index in [9.17, 15) is 4.79 Å². The lowest BCUT2D eigenvalue weighted by atomic mass is 9.95. The average molecular weight is 415 g/mol. The van der Waals surface area contributed by atoms with Gasteiger partial charge >= 0.3 is 0 Å². The second kappa shape index (κ2) is 7.91. The molecule has 5 rings (SSSR count). The molecule has 1 amide bonds. The summed E-state index contributed by atoms with van der Waals surface area (Å²) in [5.41, 5.74) is 4.94. The third-order valence-corrected chi connectivity index (χ3v) is 6.02. The van der Waals surface area contributed by atoms with Gasteiger partial charge in [-0.25, -0.2) is 9.97 Å². The Morgan fingerprint density at radius 3 is 2.77 bits per heavy atom. The second-order valence-electron chi connectivity index (χ2n) is 7.74. The highest BCUT2D eigenvalue weighted by Gasteiger charge is 2.34. The summed E-state index contributed by atoms with van der Waals surface area (Å²) in [4.78, 5) is 28.1. The number of fused-ring (bicyclic) bond motifs is 2. The highest BCUT2D eigenvalue weighted by Crippen LogP contribution is 2.34. The Labute approximate surface area is 180 Å². The summed E-state index contributed by atoms with van der Waals surface area (Å²) in [6.07, 6.45) is 3.25. The molecule has 0 radical (unpaired) electrons. The van der Waals surface area contributed by atoms with Crippen LogP contribution in [0.25, 0.3) is 11.0 Å². The number of rotatable bonds is 5. The number of nitrogens with one attached hydrogen (secondary N) is 1. The average Bonchev–Trinajstić information content (AvgIpc) is 3.43. The minimum absolute atomic E-state index is 0.0623. The lowest BCUT2D eigenvalue weighted by molar-refractivity contribution is -0.134. The second-order valence-corrected chi connectivity index (χ2v) is 7.74. The first-order valence-corrected chi connectivity index (χ1v) is 10.6. The van der Waals surface area contributed by atoms with Crippen LogP contribution in [0.3, 0.4) is 0 Å². The minimum Gasteiger partial charge on any atom is -0.497 e. The number of amides is 1. The fraction of sp³-hybridized carbons (Fsp3) is 0.292. The van der Waals surface area contributed by atoms with Gasteiger partial charge in [0.15, 0.2) is 0 Å². The summed E-state index contributed by atoms with van der Waals surface area (Å²) < 4.78 is 7.35. The Kier molecular flexibility index (Phi) is 4.94. The molecule has 1 aliphatic rings. The van der Waals surface area contributed by atoms with Crippen molar-refractivity contribution in [1.82, 2.24) is 24.4 Å². The smallest absolute Gasteiger partial charge is 0.243 e. The number of H-pyrrole nitrogens is 1. The molecular formula is C24H25N5O2. The Balaban J connectivity index is 1.51. The van der Waals surface area contributed by atoms with Crippen molar-refractivity contribution in [2.75, 3.05) is 13.7 Å². The number of benzene rings is 2. The standard InChI is InChI=1S/C24H25N5O2/c1-3-21-27-18-6-4-5-7-20(18)29(21)14-22(30)28-13-12-19-23(26-15-25-19)24(28)16-8-10-17(31-2)11-9-16/h4-11,15,24H,3,12-14H2,1-2H3,(H,25,26)/t24-/m1/s1. The van der Waals surface area contributed by atoms with Crippen molar-refractivity contribution in [1.29, 1.82) is 0 Å². The maximum absolute atomic E-state index is 13.6. The molecule has 0 fully saturated rings. The highest BCUT2D eigenvalue weighted by molar-refractivity contribution is 5.82. The third kappa shape index (κ3) is 3.36. The molecule has 2 aromatic carbocycles. The van der Waals surface area contributed by atoms with Gasteiger partial charge in [-0.1, -0.05) is 31.2 Å². The van der Waals surface area contributed by atoms with Gasteiger partial charge in [0.1, 0.15) is 24.2 Å². The molecule has 7 heteroatoms. The molecular weight excluding hydrogens is 390 g/mol. The van der Waals surface area contributed by atoms with Gasteiger partial charge in [0.05, 0.1) is 30.2 Å². The summed E-state index contributed by atoms with van der Waals surface area (Å²) in [7, 11) is 1.65. The first kappa shape index (κ1) is 19.4. The van der Waals surface area contributed by atoms with Gasteiger partial charge < -0.3 is 19.2 Å². The van der Waals surface area contributed by atoms with Crippen molar-refractivity contribution < 1.29 is 9.53 Å². The fourth-order valence-electron chi connectivity index (χ4n) is 4.47. The maximum atomic E-state index is 13.6. The molecule has 1 aliphatic heterocycles. The van der Waals surface area contributed by atoms with E-state index in [1.165, 1.54) is 0 Å². The normalized spacial score (nSPS) is 15.8. The van der Waals surface area contributed by atoms with Gasteiger partial charge in [-0.2, -0.15) is 0 Å². The summed E-state index contributed by atoms with van der Waals surface area (Å²) in [5, 5.41) is 0. The van der Waals surface area contributed by atoms with Gasteiger partial charge in [-0.05, 0) is 29.8 Å². The van der Waals surface area contributed by atoms with Crippen LogP contribution < -0.4 is 4.74 Å². The Morgan fingerprint density at radius 1 is 1.19 bits per heavy atom. The molecule has 0 saturated carbocycles. The van der Waals surface area contributed by atoms with E-state index < -0.39 is 0 Å². The first-order valence-electron chi connectivity index (χ1n) is 10.6. The molecule has 1 atom stereocenters. The Morgan fingerprint density at radius 2 is 2.00 bits per heavy atom. The highest BCUT2D eigenvalue weighted by atomic mass is 16.5. The van der Waals surface area contributed by atoms with E-state index in [0.717, 1.165) is 52.4 Å². The molecule has 0 unspecified atom stereocenters. The van der Waals surface area contributed by atoms with Gasteiger partial charge in [-0.3, -0.25) is 4.79 Å². The summed E-state index contributed by atoms with van der Waals surface area (Å²) in [5.74, 6) is 1.78. The van der Waals surface area contributed by atoms with Crippen LogP contribution in [0.15, 0.2) is 54.9 Å². The Hall–Kier alpha value is -3.61. The van der Waals surface area contributed by atoms with Crippen LogP contribution in [0.5, 0.6) is 5.75 Å². The molecule has 31 heavy (non-hydrogen) atoms. The fourth-order valence-corrected chi connectivity index (χ4v) is 4.47. The van der Waals surface area contributed by atoms with Crippen LogP contribution >= 0.6 is 0 Å². The number of aryl methyl sites for hydroxylation is 1. The van der Waals surface area contributed by atoms with Crippen LogP contribution in [-0.2, 0) is 24.2 Å². The molecule has 2 aromatic heterocycles. The van der Waals surface area contributed by atoms with E-state index >= 15 is 0 Å². The number of nitrogens with zero attached hydrogens (tertiary/aromatic N) is 4. The molecule has 0 spiro atoms. The molecule has 4 aromatic rings. The van der Waals surface area contributed by atoms with Crippen LogP contribution in [0.1, 0.15) is 35.7 Å². The number of imidazole rings is 2. The van der Waals surface area contributed by atoms with Gasteiger partial charge in [0.2, 0.25) is 5.91 Å². The van der Waals surface area contributed by atoms with Gasteiger partial charge in [0, 0.05) is 25.1 Å². The molecule has 158 valence electrons. The summed E-state index contributed by atoms with van der Waals surface area (Å²) >= 11 is 0. The zero-order valence-corrected chi connectivity index (χ0v) is 17.7. The lowest BCUT2D eigenvalue weighted by Gasteiger charge is -2.35. The predicted molar refractivity (Wildman–Crippen MR) is 118 cm³/mol. The van der Waals surface area contributed by atoms with Crippen molar-refractivity contribution in [3.63, 3.8) is 0 Å². The molecule has 1 N–H and O–H groups in total. The monoisotopic (exact) mass is 415 g/mol. The van der Waals surface area contributed by atoms with Crippen molar-refractivity contribution in [2.45, 2.75) is 32.4 Å². The quantitative estimate of drug-likeness (QED) is 0.541. The number of para-hydroxylation sites is 2. The predicted octanol–water partition coefficient (Wildman–Crippen LogP) is 3.50. The van der Waals surface area contributed by atoms with E-state index in [4.69, 9.17) is 9.72 Å². The number of ether oxygens (including phenoxy) is 1. The largest absolute Gasteiger partial charge is 0.497 e. The van der Waals surface area contributed by atoms with Crippen molar-refractivity contribution in [2.24, 2.45) is 0 Å². The van der Waals surface area contributed by atoms with Crippen LogP contribution in [0, 0.1) is 0 Å². The van der Waals surface area contributed by atoms with E-state index in [0.29, 0.717) is 6.54 Å². The number of methoxy groups -OCH3 is 1. The number of hydrogen-bond donors (Lipinski definition) is 1. The first-order chi connectivity index (χ1) is 15.2. The van der Waals surface area contributed by atoms with E-state index in [-0.39, 0.29) is 18.5 Å². The molecule has 7 nitrogen and oxygen atoms in total. The molecule has 0 aliphatic carbocycles. The minimum atomic E-state index is -0.228. The van der Waals surface area contributed by atoms with Crippen molar-refractivity contribution in [3.8, 4) is 5.75 Å². The van der Waals surface area contributed by atoms with Crippen LogP contribution in [0.4, 0.5) is 0 Å². The van der Waals surface area contributed by atoms with Crippen molar-refractivity contribution >= 4 is 16.9 Å². The van der Waals surface area contributed by atoms with Gasteiger partial charge in [0.25, 0.3) is 0 Å². The van der Waals surface area contributed by atoms with E-state index in [1.54, 1.807) is 13.4 Å². The summed E-state index contributed by atoms with van der Waals surface area (Å²) in [6, 6.07) is 15.6. The molecule has 3 heterocycles. The summed E-state index contributed by atoms with van der Waals surface area (Å²) in [6.45, 7) is 2.97. The van der Waals surface area contributed by atoms with Gasteiger partial charge in [-0.15, -0.1) is 0 Å². The molecule has 0 bridgehead atoms. The van der Waals surface area contributed by atoms with E-state index in [2.05, 4.69) is 16.9 Å². The van der Waals surface area contributed by atoms with Crippen molar-refractivity contribution in [3.05, 3.63) is 77.6 Å². The lowest BCUT2D eigenvalue weighted by Crippen LogP contribution is -2.42. The van der Waals surface area contributed by atoms with Crippen LogP contribution in [-0.4, -0.2) is 44.0 Å². The van der Waals surface area contributed by atoms with E-state index in [1.807, 2.05) is 58.0 Å². The number of aromatic amines is 1. The maximum Gasteiger partial charge on any atom is 0.243 e. The third-order valence-electron chi connectivity index (χ3n) is 6.02. The molecule has 0 saturated heterocycles. The number of aromatic nitrogens is 4. The number of carbonyl (C=O) groups is 1. The number of carbonyl (C=O) groups excluding carboxylic acids is 1. The topological polar surface area (TPSA) is 76.0 Å². The zero-order valence-electron chi connectivity index (χ0n) is 17.7.